The normalized spacial score (nSPS) is 16.3. The van der Waals surface area contributed by atoms with Gasteiger partial charge in [0.2, 0.25) is 0 Å². The Balaban J connectivity index is 4.00. The molecule has 0 saturated carbocycles. The third-order valence-corrected chi connectivity index (χ3v) is 3.27. The van der Waals surface area contributed by atoms with Crippen molar-refractivity contribution in [2.24, 2.45) is 5.92 Å². The lowest BCUT2D eigenvalue weighted by molar-refractivity contribution is -0.144. The van der Waals surface area contributed by atoms with E-state index in [-0.39, 0.29) is 6.61 Å². The predicted molar refractivity (Wildman–Crippen MR) is 75.9 cm³/mol. The topological polar surface area (TPSA) is 77.8 Å². The molecule has 110 valence electrons. The fourth-order valence-electron chi connectivity index (χ4n) is 1.70. The summed E-state index contributed by atoms with van der Waals surface area (Å²) in [5.41, 5.74) is 2.32. The van der Waals surface area contributed by atoms with E-state index < -0.39 is 18.0 Å². The summed E-state index contributed by atoms with van der Waals surface area (Å²) in [6.45, 7) is 5.57. The molecule has 0 aromatic heterocycles. The summed E-state index contributed by atoms with van der Waals surface area (Å²) in [6, 6.07) is 0. The molecule has 4 nitrogen and oxygen atoms in total. The van der Waals surface area contributed by atoms with Crippen molar-refractivity contribution in [1.82, 2.24) is 0 Å². The highest BCUT2D eigenvalue weighted by molar-refractivity contribution is 5.70. The summed E-state index contributed by atoms with van der Waals surface area (Å²) in [7, 11) is 0. The molecule has 0 aromatic carbocycles. The molecule has 0 aliphatic carbocycles. The van der Waals surface area contributed by atoms with Gasteiger partial charge in [0.25, 0.3) is 0 Å². The Morgan fingerprint density at radius 2 is 1.74 bits per heavy atom. The molecular weight excluding hydrogens is 244 g/mol. The number of hydrogen-bond donors (Lipinski definition) is 3. The molecule has 2 atom stereocenters. The standard InChI is InChI=1S/C15H26O4/c1-11(5-4-6-12(2)9-10-16)7-8-14(17)13(3)15(18)19/h5,9,13-14,16-17H,4,6-8,10H2,1-3H3,(H,18,19)/b11-5+,12-9+/t13-,14?/m0/s1. The zero-order chi connectivity index (χ0) is 14.8. The highest BCUT2D eigenvalue weighted by Crippen LogP contribution is 2.15. The molecule has 0 bridgehead atoms. The zero-order valence-corrected chi connectivity index (χ0v) is 12.1. The lowest BCUT2D eigenvalue weighted by Gasteiger charge is -2.14. The maximum atomic E-state index is 10.7. The maximum absolute atomic E-state index is 10.7. The Labute approximate surface area is 115 Å². The number of carboxylic acid groups (broad SMARTS) is 1. The SMILES string of the molecule is C/C(=C\CO)CC/C=C(\C)CCC(O)[C@H](C)C(=O)O. The van der Waals surface area contributed by atoms with Crippen LogP contribution < -0.4 is 0 Å². The third kappa shape index (κ3) is 8.56. The molecular formula is C15H26O4. The number of aliphatic hydroxyl groups excluding tert-OH is 2. The van der Waals surface area contributed by atoms with Gasteiger partial charge in [-0.15, -0.1) is 0 Å². The first-order valence-corrected chi connectivity index (χ1v) is 6.71. The van der Waals surface area contributed by atoms with E-state index in [4.69, 9.17) is 10.2 Å². The van der Waals surface area contributed by atoms with Crippen LogP contribution in [0.5, 0.6) is 0 Å². The van der Waals surface area contributed by atoms with Crippen molar-refractivity contribution in [2.45, 2.75) is 52.6 Å². The van der Waals surface area contributed by atoms with E-state index in [2.05, 4.69) is 6.08 Å². The van der Waals surface area contributed by atoms with E-state index in [9.17, 15) is 9.90 Å². The number of hydrogen-bond acceptors (Lipinski definition) is 3. The average Bonchev–Trinajstić information content (AvgIpc) is 2.35. The van der Waals surface area contributed by atoms with Crippen molar-refractivity contribution in [3.05, 3.63) is 23.3 Å². The number of allylic oxidation sites excluding steroid dienone is 3. The highest BCUT2D eigenvalue weighted by atomic mass is 16.4. The lowest BCUT2D eigenvalue weighted by atomic mass is 9.98. The largest absolute Gasteiger partial charge is 0.481 e. The monoisotopic (exact) mass is 270 g/mol. The van der Waals surface area contributed by atoms with Gasteiger partial charge in [0, 0.05) is 0 Å². The fraction of sp³-hybridized carbons (Fsp3) is 0.667. The van der Waals surface area contributed by atoms with E-state index in [1.807, 2.05) is 13.8 Å². The van der Waals surface area contributed by atoms with E-state index in [0.29, 0.717) is 12.8 Å². The van der Waals surface area contributed by atoms with Crippen LogP contribution in [-0.2, 0) is 4.79 Å². The summed E-state index contributed by atoms with van der Waals surface area (Å²) in [5.74, 6) is -1.68. The maximum Gasteiger partial charge on any atom is 0.308 e. The van der Waals surface area contributed by atoms with E-state index >= 15 is 0 Å². The van der Waals surface area contributed by atoms with Gasteiger partial charge in [-0.3, -0.25) is 4.79 Å². The molecule has 0 radical (unpaired) electrons. The average molecular weight is 270 g/mol. The first kappa shape index (κ1) is 17.9. The Morgan fingerprint density at radius 3 is 2.26 bits per heavy atom. The molecule has 0 fully saturated rings. The molecule has 0 aromatic rings. The van der Waals surface area contributed by atoms with Crippen LogP contribution >= 0.6 is 0 Å². The second kappa shape index (κ2) is 9.75. The Kier molecular flexibility index (Phi) is 9.17. The fourth-order valence-corrected chi connectivity index (χ4v) is 1.70. The smallest absolute Gasteiger partial charge is 0.308 e. The second-order valence-corrected chi connectivity index (χ2v) is 5.06. The van der Waals surface area contributed by atoms with Crippen LogP contribution in [-0.4, -0.2) is 34.0 Å². The second-order valence-electron chi connectivity index (χ2n) is 5.06. The van der Waals surface area contributed by atoms with Gasteiger partial charge in [0.15, 0.2) is 0 Å². The number of aliphatic hydroxyl groups is 2. The lowest BCUT2D eigenvalue weighted by Crippen LogP contribution is -2.25. The summed E-state index contributed by atoms with van der Waals surface area (Å²) in [5, 5.41) is 27.2. The molecule has 3 N–H and O–H groups in total. The van der Waals surface area contributed by atoms with Crippen LogP contribution in [0.4, 0.5) is 0 Å². The van der Waals surface area contributed by atoms with Gasteiger partial charge in [-0.2, -0.15) is 0 Å². The minimum Gasteiger partial charge on any atom is -0.481 e. The number of carboxylic acids is 1. The van der Waals surface area contributed by atoms with Crippen molar-refractivity contribution in [3.8, 4) is 0 Å². The number of rotatable bonds is 9. The molecule has 0 amide bonds. The number of carbonyl (C=O) groups is 1. The Morgan fingerprint density at radius 1 is 1.16 bits per heavy atom. The van der Waals surface area contributed by atoms with Crippen LogP contribution in [0.1, 0.15) is 46.5 Å². The van der Waals surface area contributed by atoms with Gasteiger partial charge >= 0.3 is 5.97 Å². The van der Waals surface area contributed by atoms with Gasteiger partial charge in [0.05, 0.1) is 18.6 Å². The van der Waals surface area contributed by atoms with Crippen molar-refractivity contribution in [1.29, 1.82) is 0 Å². The van der Waals surface area contributed by atoms with Crippen molar-refractivity contribution >= 4 is 5.97 Å². The first-order chi connectivity index (χ1) is 8.88. The Bertz CT molecular complexity index is 331. The molecule has 1 unspecified atom stereocenters. The molecule has 0 saturated heterocycles. The van der Waals surface area contributed by atoms with Gasteiger partial charge in [-0.1, -0.05) is 23.3 Å². The minimum atomic E-state index is -0.959. The van der Waals surface area contributed by atoms with Gasteiger partial charge in [-0.05, 0) is 46.5 Å². The van der Waals surface area contributed by atoms with E-state index in [1.54, 1.807) is 6.08 Å². The Hall–Kier alpha value is -1.13. The summed E-state index contributed by atoms with van der Waals surface area (Å²) in [4.78, 5) is 10.7. The predicted octanol–water partition coefficient (Wildman–Crippen LogP) is 2.51. The van der Waals surface area contributed by atoms with Crippen molar-refractivity contribution in [3.63, 3.8) is 0 Å². The molecule has 0 rings (SSSR count). The first-order valence-electron chi connectivity index (χ1n) is 6.71. The molecule has 0 aliphatic heterocycles. The van der Waals surface area contributed by atoms with Crippen LogP contribution in [0.15, 0.2) is 23.3 Å². The molecule has 4 heteroatoms. The van der Waals surface area contributed by atoms with Gasteiger partial charge < -0.3 is 15.3 Å². The zero-order valence-electron chi connectivity index (χ0n) is 12.1. The minimum absolute atomic E-state index is 0.0772. The van der Waals surface area contributed by atoms with Crippen LogP contribution in [0.25, 0.3) is 0 Å². The quantitative estimate of drug-likeness (QED) is 0.563. The molecule has 0 spiro atoms. The molecule has 0 aliphatic rings. The summed E-state index contributed by atoms with van der Waals surface area (Å²) >= 11 is 0. The number of aliphatic carboxylic acids is 1. The van der Waals surface area contributed by atoms with Crippen LogP contribution in [0.3, 0.4) is 0 Å². The third-order valence-electron chi connectivity index (χ3n) is 3.27. The highest BCUT2D eigenvalue weighted by Gasteiger charge is 2.20. The van der Waals surface area contributed by atoms with Gasteiger partial charge in [-0.25, -0.2) is 0 Å². The van der Waals surface area contributed by atoms with E-state index in [0.717, 1.165) is 24.0 Å². The van der Waals surface area contributed by atoms with E-state index in [1.165, 1.54) is 6.92 Å². The summed E-state index contributed by atoms with van der Waals surface area (Å²) < 4.78 is 0. The van der Waals surface area contributed by atoms with Crippen LogP contribution in [0, 0.1) is 5.92 Å². The molecule has 0 heterocycles. The van der Waals surface area contributed by atoms with Crippen molar-refractivity contribution < 1.29 is 20.1 Å². The summed E-state index contributed by atoms with van der Waals surface area (Å²) in [6.07, 6.45) is 6.10. The molecule has 19 heavy (non-hydrogen) atoms. The van der Waals surface area contributed by atoms with Crippen molar-refractivity contribution in [2.75, 3.05) is 6.61 Å². The van der Waals surface area contributed by atoms with Gasteiger partial charge in [0.1, 0.15) is 0 Å². The van der Waals surface area contributed by atoms with Crippen LogP contribution in [0.2, 0.25) is 0 Å².